The van der Waals surface area contributed by atoms with Crippen LogP contribution >= 0.6 is 23.1 Å². The Labute approximate surface area is 248 Å². The van der Waals surface area contributed by atoms with E-state index < -0.39 is 0 Å². The summed E-state index contributed by atoms with van der Waals surface area (Å²) in [6.45, 7) is 1.97. The van der Waals surface area contributed by atoms with Gasteiger partial charge in [0.2, 0.25) is 5.91 Å². The molecule has 0 radical (unpaired) electrons. The third-order valence-electron chi connectivity index (χ3n) is 7.25. The van der Waals surface area contributed by atoms with Crippen LogP contribution in [0, 0.1) is 11.3 Å². The lowest BCUT2D eigenvalue weighted by Gasteiger charge is -2.22. The molecule has 0 saturated heterocycles. The van der Waals surface area contributed by atoms with Crippen molar-refractivity contribution in [1.82, 2.24) is 0 Å². The van der Waals surface area contributed by atoms with Gasteiger partial charge in [-0.1, -0.05) is 49.4 Å². The number of fused-ring (bicyclic) bond motifs is 1. The Morgan fingerprint density at radius 2 is 1.88 bits per heavy atom. The van der Waals surface area contributed by atoms with E-state index in [2.05, 4.69) is 41.0 Å². The molecule has 1 aromatic heterocycles. The van der Waals surface area contributed by atoms with Crippen molar-refractivity contribution in [3.63, 3.8) is 0 Å². The minimum Gasteiger partial charge on any atom is -0.497 e. The molecule has 0 bridgehead atoms. The number of hydrogen-bond donors (Lipinski definition) is 2. The normalized spacial score (nSPS) is 14.8. The van der Waals surface area contributed by atoms with Gasteiger partial charge in [-0.2, -0.15) is 5.26 Å². The second-order valence-electron chi connectivity index (χ2n) is 9.89. The van der Waals surface area contributed by atoms with Crippen LogP contribution in [0.5, 0.6) is 5.75 Å². The van der Waals surface area contributed by atoms with E-state index in [0.717, 1.165) is 29.7 Å². The van der Waals surface area contributed by atoms with Gasteiger partial charge in [0.05, 0.1) is 17.9 Å². The predicted molar refractivity (Wildman–Crippen MR) is 166 cm³/mol. The van der Waals surface area contributed by atoms with Crippen LogP contribution in [0.2, 0.25) is 0 Å². The molecule has 3 aromatic carbocycles. The molecule has 6 nitrogen and oxygen atoms in total. The first-order valence-electron chi connectivity index (χ1n) is 13.6. The van der Waals surface area contributed by atoms with E-state index in [1.165, 1.54) is 33.5 Å². The summed E-state index contributed by atoms with van der Waals surface area (Å²) in [5.74, 6) is 0.669. The van der Waals surface area contributed by atoms with Gasteiger partial charge >= 0.3 is 0 Å². The van der Waals surface area contributed by atoms with Crippen molar-refractivity contribution in [3.05, 3.63) is 106 Å². The third-order valence-corrected chi connectivity index (χ3v) is 9.78. The number of nitrogens with one attached hydrogen (secondary N) is 2. The Balaban J connectivity index is 1.26. The fraction of sp³-hybridized carbons (Fsp3) is 0.242. The molecule has 1 aliphatic carbocycles. The number of thioether (sulfide) groups is 1. The highest BCUT2D eigenvalue weighted by atomic mass is 32.2. The molecule has 1 aliphatic rings. The standard InChI is InChI=1S/C33H31N3O3S2/c1-3-29(40-26-14-8-12-24(19-26)35-31(37)23-11-7-13-25(17-23)39-2)32(38)36-33-28(20-34)27-16-15-22(18-30(27)41-33)21-9-5-4-6-10-21/h4-14,17,19,22,29H,3,15-16,18H2,1-2H3,(H,35,37)(H,36,38). The predicted octanol–water partition coefficient (Wildman–Crippen LogP) is 7.66. The first kappa shape index (κ1) is 28.5. The van der Waals surface area contributed by atoms with Crippen molar-refractivity contribution in [2.45, 2.75) is 48.7 Å². The fourth-order valence-corrected chi connectivity index (χ4v) is 7.39. The molecule has 41 heavy (non-hydrogen) atoms. The average molecular weight is 582 g/mol. The van der Waals surface area contributed by atoms with Gasteiger partial charge in [-0.3, -0.25) is 9.59 Å². The van der Waals surface area contributed by atoms with Crippen LogP contribution in [0.25, 0.3) is 0 Å². The molecular formula is C33H31N3O3S2. The number of rotatable bonds is 9. The second kappa shape index (κ2) is 13.1. The van der Waals surface area contributed by atoms with Gasteiger partial charge in [-0.05, 0) is 79.1 Å². The molecule has 4 aromatic rings. The van der Waals surface area contributed by atoms with Crippen LogP contribution in [-0.4, -0.2) is 24.2 Å². The topological polar surface area (TPSA) is 91.2 Å². The van der Waals surface area contributed by atoms with E-state index >= 15 is 0 Å². The number of carbonyl (C=O) groups excluding carboxylic acids is 2. The summed E-state index contributed by atoms with van der Waals surface area (Å²) in [5, 5.41) is 16.3. The minimum atomic E-state index is -0.359. The van der Waals surface area contributed by atoms with Crippen molar-refractivity contribution in [3.8, 4) is 11.8 Å². The maximum atomic E-state index is 13.4. The highest BCUT2D eigenvalue weighted by Crippen LogP contribution is 2.42. The number of amides is 2. The molecule has 0 saturated carbocycles. The van der Waals surface area contributed by atoms with Crippen molar-refractivity contribution < 1.29 is 14.3 Å². The number of nitrogens with zero attached hydrogens (tertiary/aromatic N) is 1. The lowest BCUT2D eigenvalue weighted by Crippen LogP contribution is -2.24. The maximum absolute atomic E-state index is 13.4. The third kappa shape index (κ3) is 6.64. The Morgan fingerprint density at radius 1 is 1.07 bits per heavy atom. The Bertz CT molecular complexity index is 1590. The molecule has 2 amide bonds. The molecule has 2 N–H and O–H groups in total. The molecule has 2 unspecified atom stereocenters. The van der Waals surface area contributed by atoms with Gasteiger partial charge in [-0.15, -0.1) is 23.1 Å². The Morgan fingerprint density at radius 3 is 2.63 bits per heavy atom. The number of thiophene rings is 1. The van der Waals surface area contributed by atoms with E-state index in [1.807, 2.05) is 37.3 Å². The molecule has 208 valence electrons. The summed E-state index contributed by atoms with van der Waals surface area (Å²) in [4.78, 5) is 28.2. The SMILES string of the molecule is CCC(Sc1cccc(NC(=O)c2cccc(OC)c2)c1)C(=O)Nc1sc2c(c1C#N)CCC(c1ccccc1)C2. The number of carbonyl (C=O) groups is 2. The number of nitriles is 1. The van der Waals surface area contributed by atoms with E-state index in [9.17, 15) is 14.9 Å². The maximum Gasteiger partial charge on any atom is 0.255 e. The first-order valence-corrected chi connectivity index (χ1v) is 15.3. The summed E-state index contributed by atoms with van der Waals surface area (Å²) in [7, 11) is 1.56. The summed E-state index contributed by atoms with van der Waals surface area (Å²) >= 11 is 2.98. The van der Waals surface area contributed by atoms with Crippen LogP contribution in [0.15, 0.2) is 83.8 Å². The molecule has 0 fully saturated rings. The van der Waals surface area contributed by atoms with E-state index in [0.29, 0.717) is 39.9 Å². The molecular weight excluding hydrogens is 551 g/mol. The fourth-order valence-electron chi connectivity index (χ4n) is 5.10. The zero-order chi connectivity index (χ0) is 28.8. The molecule has 0 spiro atoms. The van der Waals surface area contributed by atoms with E-state index in [1.54, 1.807) is 31.4 Å². The Kier molecular flexibility index (Phi) is 9.07. The average Bonchev–Trinajstić information content (AvgIpc) is 3.36. The van der Waals surface area contributed by atoms with Crippen molar-refractivity contribution in [2.24, 2.45) is 0 Å². The molecule has 8 heteroatoms. The monoisotopic (exact) mass is 581 g/mol. The van der Waals surface area contributed by atoms with Gasteiger partial charge in [0.1, 0.15) is 16.8 Å². The van der Waals surface area contributed by atoms with Crippen LogP contribution in [0.3, 0.4) is 0 Å². The molecule has 1 heterocycles. The van der Waals surface area contributed by atoms with Crippen LogP contribution < -0.4 is 15.4 Å². The lowest BCUT2D eigenvalue weighted by atomic mass is 9.83. The highest BCUT2D eigenvalue weighted by molar-refractivity contribution is 8.00. The largest absolute Gasteiger partial charge is 0.497 e. The minimum absolute atomic E-state index is 0.127. The van der Waals surface area contributed by atoms with Gasteiger partial charge < -0.3 is 15.4 Å². The molecule has 0 aliphatic heterocycles. The summed E-state index contributed by atoms with van der Waals surface area (Å²) < 4.78 is 5.22. The number of benzene rings is 3. The van der Waals surface area contributed by atoms with Gasteiger partial charge in [0.25, 0.3) is 5.91 Å². The van der Waals surface area contributed by atoms with Crippen LogP contribution in [0.4, 0.5) is 10.7 Å². The number of hydrogen-bond acceptors (Lipinski definition) is 6. The summed E-state index contributed by atoms with van der Waals surface area (Å²) in [6.07, 6.45) is 3.33. The van der Waals surface area contributed by atoms with Gasteiger partial charge in [-0.25, -0.2) is 0 Å². The number of ether oxygens (including phenoxy) is 1. The highest BCUT2D eigenvalue weighted by Gasteiger charge is 2.28. The quantitative estimate of drug-likeness (QED) is 0.198. The zero-order valence-corrected chi connectivity index (χ0v) is 24.6. The van der Waals surface area contributed by atoms with Crippen molar-refractivity contribution in [2.75, 3.05) is 17.7 Å². The zero-order valence-electron chi connectivity index (χ0n) is 23.0. The van der Waals surface area contributed by atoms with Gasteiger partial charge in [0, 0.05) is 21.0 Å². The first-order chi connectivity index (χ1) is 20.0. The number of anilines is 2. The van der Waals surface area contributed by atoms with Crippen molar-refractivity contribution >= 4 is 45.6 Å². The lowest BCUT2D eigenvalue weighted by molar-refractivity contribution is -0.115. The molecule has 5 rings (SSSR count). The Hall–Kier alpha value is -4.06. The second-order valence-corrected chi connectivity index (χ2v) is 12.3. The van der Waals surface area contributed by atoms with E-state index in [-0.39, 0.29) is 17.1 Å². The van der Waals surface area contributed by atoms with Crippen LogP contribution in [0.1, 0.15) is 57.6 Å². The van der Waals surface area contributed by atoms with Gasteiger partial charge in [0.15, 0.2) is 0 Å². The smallest absolute Gasteiger partial charge is 0.255 e. The molecule has 2 atom stereocenters. The summed E-state index contributed by atoms with van der Waals surface area (Å²) in [6, 6.07) is 27.3. The summed E-state index contributed by atoms with van der Waals surface area (Å²) in [5.41, 5.74) is 4.14. The van der Waals surface area contributed by atoms with E-state index in [4.69, 9.17) is 4.74 Å². The van der Waals surface area contributed by atoms with Crippen LogP contribution in [-0.2, 0) is 17.6 Å². The number of methoxy groups -OCH3 is 1. The van der Waals surface area contributed by atoms with Crippen molar-refractivity contribution in [1.29, 1.82) is 5.26 Å².